The van der Waals surface area contributed by atoms with Crippen LogP contribution in [0, 0.1) is 0 Å². The third-order valence-corrected chi connectivity index (χ3v) is 1.65. The molecule has 0 rings (SSSR count). The van der Waals surface area contributed by atoms with Gasteiger partial charge in [0.15, 0.2) is 0 Å². The van der Waals surface area contributed by atoms with E-state index in [9.17, 15) is 4.79 Å². The van der Waals surface area contributed by atoms with Crippen LogP contribution in [0.15, 0.2) is 0 Å². The van der Waals surface area contributed by atoms with Gasteiger partial charge in [-0.3, -0.25) is 4.79 Å². The number of carbonyl (C=O) groups is 1. The van der Waals surface area contributed by atoms with Crippen LogP contribution in [0.25, 0.3) is 0 Å². The zero-order valence-corrected chi connectivity index (χ0v) is 8.91. The van der Waals surface area contributed by atoms with Gasteiger partial charge in [0, 0.05) is 26.9 Å². The van der Waals surface area contributed by atoms with Gasteiger partial charge in [-0.15, -0.1) is 0 Å². The van der Waals surface area contributed by atoms with Gasteiger partial charge in [-0.25, -0.2) is 0 Å². The summed E-state index contributed by atoms with van der Waals surface area (Å²) in [5.74, 6) is -0.177. The summed E-state index contributed by atoms with van der Waals surface area (Å²) in [5, 5.41) is 2.70. The Morgan fingerprint density at radius 3 is 2.86 bits per heavy atom. The Labute approximate surface area is 84.9 Å². The average Bonchev–Trinajstić information content (AvgIpc) is 2.17. The molecule has 1 atom stereocenters. The van der Waals surface area contributed by atoms with E-state index in [-0.39, 0.29) is 12.5 Å². The van der Waals surface area contributed by atoms with Crippen molar-refractivity contribution in [3.8, 4) is 0 Å². The Morgan fingerprint density at radius 2 is 2.29 bits per heavy atom. The maximum atomic E-state index is 11.2. The standard InChI is InChI=1S/C9H20N2O3/c1-3-14-6-4-5-11-9(12)8(10)7-13-2/h8H,3-7,10H2,1-2H3,(H,11,12). The molecular weight excluding hydrogens is 184 g/mol. The number of ether oxygens (including phenoxy) is 2. The number of rotatable bonds is 8. The minimum Gasteiger partial charge on any atom is -0.383 e. The lowest BCUT2D eigenvalue weighted by atomic mass is 10.3. The van der Waals surface area contributed by atoms with Gasteiger partial charge in [-0.1, -0.05) is 0 Å². The van der Waals surface area contributed by atoms with E-state index in [1.54, 1.807) is 0 Å². The summed E-state index contributed by atoms with van der Waals surface area (Å²) in [4.78, 5) is 11.2. The molecule has 0 saturated heterocycles. The molecule has 0 aliphatic heterocycles. The van der Waals surface area contributed by atoms with E-state index in [1.807, 2.05) is 6.92 Å². The highest BCUT2D eigenvalue weighted by atomic mass is 16.5. The van der Waals surface area contributed by atoms with Crippen molar-refractivity contribution in [2.75, 3.05) is 33.5 Å². The Hall–Kier alpha value is -0.650. The van der Waals surface area contributed by atoms with E-state index < -0.39 is 6.04 Å². The van der Waals surface area contributed by atoms with Gasteiger partial charge in [0.2, 0.25) is 5.91 Å². The third kappa shape index (κ3) is 6.82. The Morgan fingerprint density at radius 1 is 1.57 bits per heavy atom. The first kappa shape index (κ1) is 13.4. The molecule has 0 radical (unpaired) electrons. The van der Waals surface area contributed by atoms with Crippen LogP contribution >= 0.6 is 0 Å². The van der Waals surface area contributed by atoms with Crippen LogP contribution in [-0.4, -0.2) is 45.4 Å². The molecule has 0 aromatic carbocycles. The first-order chi connectivity index (χ1) is 6.72. The van der Waals surface area contributed by atoms with E-state index in [2.05, 4.69) is 5.32 Å². The molecular formula is C9H20N2O3. The molecule has 0 fully saturated rings. The van der Waals surface area contributed by atoms with Gasteiger partial charge in [0.25, 0.3) is 0 Å². The van der Waals surface area contributed by atoms with Crippen molar-refractivity contribution in [1.29, 1.82) is 0 Å². The topological polar surface area (TPSA) is 73.6 Å². The van der Waals surface area contributed by atoms with Gasteiger partial charge in [0.1, 0.15) is 6.04 Å². The molecule has 14 heavy (non-hydrogen) atoms. The number of nitrogens with one attached hydrogen (secondary N) is 1. The fraction of sp³-hybridized carbons (Fsp3) is 0.889. The SMILES string of the molecule is CCOCCCNC(=O)C(N)COC. The predicted molar refractivity (Wildman–Crippen MR) is 54.0 cm³/mol. The van der Waals surface area contributed by atoms with Crippen LogP contribution in [0.4, 0.5) is 0 Å². The zero-order valence-electron chi connectivity index (χ0n) is 8.91. The zero-order chi connectivity index (χ0) is 10.8. The lowest BCUT2D eigenvalue weighted by Crippen LogP contribution is -2.43. The maximum Gasteiger partial charge on any atom is 0.239 e. The van der Waals surface area contributed by atoms with E-state index >= 15 is 0 Å². The summed E-state index contributed by atoms with van der Waals surface area (Å²) in [7, 11) is 1.52. The summed E-state index contributed by atoms with van der Waals surface area (Å²) >= 11 is 0. The van der Waals surface area contributed by atoms with Crippen molar-refractivity contribution in [2.45, 2.75) is 19.4 Å². The minimum absolute atomic E-state index is 0.177. The van der Waals surface area contributed by atoms with Crippen molar-refractivity contribution in [3.63, 3.8) is 0 Å². The molecule has 0 aromatic rings. The van der Waals surface area contributed by atoms with Crippen molar-refractivity contribution in [1.82, 2.24) is 5.32 Å². The second-order valence-electron chi connectivity index (χ2n) is 2.90. The minimum atomic E-state index is -0.577. The molecule has 84 valence electrons. The van der Waals surface area contributed by atoms with E-state index in [0.717, 1.165) is 6.42 Å². The van der Waals surface area contributed by atoms with Gasteiger partial charge in [-0.05, 0) is 13.3 Å². The quantitative estimate of drug-likeness (QED) is 0.523. The number of methoxy groups -OCH3 is 1. The molecule has 3 N–H and O–H groups in total. The molecule has 0 saturated carbocycles. The first-order valence-corrected chi connectivity index (χ1v) is 4.82. The van der Waals surface area contributed by atoms with Crippen LogP contribution < -0.4 is 11.1 Å². The molecule has 5 nitrogen and oxygen atoms in total. The van der Waals surface area contributed by atoms with Gasteiger partial charge < -0.3 is 20.5 Å². The number of nitrogens with two attached hydrogens (primary N) is 1. The summed E-state index contributed by atoms with van der Waals surface area (Å²) in [5.41, 5.74) is 5.50. The maximum absolute atomic E-state index is 11.2. The number of hydrogen-bond donors (Lipinski definition) is 2. The summed E-state index contributed by atoms with van der Waals surface area (Å²) < 4.78 is 9.88. The summed E-state index contributed by atoms with van der Waals surface area (Å²) in [6, 6.07) is -0.577. The first-order valence-electron chi connectivity index (χ1n) is 4.82. The molecule has 0 aromatic heterocycles. The third-order valence-electron chi connectivity index (χ3n) is 1.65. The van der Waals surface area contributed by atoms with E-state index in [4.69, 9.17) is 15.2 Å². The Bertz CT molecular complexity index is 153. The van der Waals surface area contributed by atoms with Crippen LogP contribution in [0.2, 0.25) is 0 Å². The van der Waals surface area contributed by atoms with Gasteiger partial charge in [-0.2, -0.15) is 0 Å². The predicted octanol–water partition coefficient (Wildman–Crippen LogP) is -0.497. The fourth-order valence-electron chi connectivity index (χ4n) is 0.916. The van der Waals surface area contributed by atoms with Crippen LogP contribution in [0.5, 0.6) is 0 Å². The smallest absolute Gasteiger partial charge is 0.239 e. The molecule has 0 aliphatic rings. The highest BCUT2D eigenvalue weighted by Crippen LogP contribution is 1.83. The van der Waals surface area contributed by atoms with Gasteiger partial charge >= 0.3 is 0 Å². The normalized spacial score (nSPS) is 12.5. The molecule has 0 spiro atoms. The molecule has 1 unspecified atom stereocenters. The fourth-order valence-corrected chi connectivity index (χ4v) is 0.916. The Balaban J connectivity index is 3.34. The van der Waals surface area contributed by atoms with Crippen molar-refractivity contribution in [3.05, 3.63) is 0 Å². The monoisotopic (exact) mass is 204 g/mol. The molecule has 0 heterocycles. The summed E-state index contributed by atoms with van der Waals surface area (Å²) in [6.07, 6.45) is 0.805. The second kappa shape index (κ2) is 8.93. The summed E-state index contributed by atoms with van der Waals surface area (Å²) in [6.45, 7) is 4.15. The average molecular weight is 204 g/mol. The highest BCUT2D eigenvalue weighted by Gasteiger charge is 2.11. The van der Waals surface area contributed by atoms with Crippen LogP contribution in [0.3, 0.4) is 0 Å². The van der Waals surface area contributed by atoms with Crippen molar-refractivity contribution >= 4 is 5.91 Å². The van der Waals surface area contributed by atoms with E-state index in [1.165, 1.54) is 7.11 Å². The van der Waals surface area contributed by atoms with Crippen molar-refractivity contribution < 1.29 is 14.3 Å². The highest BCUT2D eigenvalue weighted by molar-refractivity contribution is 5.81. The van der Waals surface area contributed by atoms with Crippen LogP contribution in [0.1, 0.15) is 13.3 Å². The van der Waals surface area contributed by atoms with Gasteiger partial charge in [0.05, 0.1) is 6.61 Å². The largest absolute Gasteiger partial charge is 0.383 e. The molecule has 1 amide bonds. The number of hydrogen-bond acceptors (Lipinski definition) is 4. The number of amides is 1. The number of carbonyl (C=O) groups excluding carboxylic acids is 1. The lowest BCUT2D eigenvalue weighted by Gasteiger charge is -2.10. The Kier molecular flexibility index (Phi) is 8.51. The lowest BCUT2D eigenvalue weighted by molar-refractivity contribution is -0.123. The van der Waals surface area contributed by atoms with Crippen molar-refractivity contribution in [2.24, 2.45) is 5.73 Å². The second-order valence-corrected chi connectivity index (χ2v) is 2.90. The molecule has 0 aliphatic carbocycles. The van der Waals surface area contributed by atoms with Crippen LogP contribution in [-0.2, 0) is 14.3 Å². The van der Waals surface area contributed by atoms with E-state index in [0.29, 0.717) is 19.8 Å². The molecule has 5 heteroatoms. The molecule has 0 bridgehead atoms.